The SMILES string of the molecule is CCCCCCCCCCCCCCCC(=O)OCC.CCCCCCCCCCCCCCCC(=O)OCC. The van der Waals surface area contributed by atoms with Crippen molar-refractivity contribution in [2.45, 2.75) is 207 Å². The first-order valence-electron chi connectivity index (χ1n) is 17.9. The highest BCUT2D eigenvalue weighted by Gasteiger charge is 2.01. The molecule has 0 rings (SSSR count). The Bertz CT molecular complexity index is 447. The second-order valence-corrected chi connectivity index (χ2v) is 11.6. The normalized spacial score (nSPS) is 10.7. The van der Waals surface area contributed by atoms with Crippen LogP contribution in [-0.4, -0.2) is 25.2 Å². The van der Waals surface area contributed by atoms with Crippen molar-refractivity contribution in [3.63, 3.8) is 0 Å². The Morgan fingerprint density at radius 3 is 0.725 bits per heavy atom. The molecule has 240 valence electrons. The molecule has 4 nitrogen and oxygen atoms in total. The molecular formula is C36H72O4. The molecular weight excluding hydrogens is 496 g/mol. The Morgan fingerprint density at radius 1 is 0.325 bits per heavy atom. The van der Waals surface area contributed by atoms with Crippen molar-refractivity contribution in [3.8, 4) is 0 Å². The summed E-state index contributed by atoms with van der Waals surface area (Å²) in [5.41, 5.74) is 0. The van der Waals surface area contributed by atoms with Gasteiger partial charge in [0, 0.05) is 12.8 Å². The van der Waals surface area contributed by atoms with Gasteiger partial charge in [-0.15, -0.1) is 0 Å². The van der Waals surface area contributed by atoms with Crippen LogP contribution in [0.2, 0.25) is 0 Å². The molecule has 0 heterocycles. The van der Waals surface area contributed by atoms with Gasteiger partial charge in [0.25, 0.3) is 0 Å². The smallest absolute Gasteiger partial charge is 0.305 e. The molecule has 0 saturated carbocycles. The second-order valence-electron chi connectivity index (χ2n) is 11.6. The number of carbonyl (C=O) groups excluding carboxylic acids is 2. The van der Waals surface area contributed by atoms with Gasteiger partial charge >= 0.3 is 11.9 Å². The van der Waals surface area contributed by atoms with Gasteiger partial charge in [-0.2, -0.15) is 0 Å². The van der Waals surface area contributed by atoms with E-state index in [9.17, 15) is 9.59 Å². The van der Waals surface area contributed by atoms with Gasteiger partial charge < -0.3 is 9.47 Å². The van der Waals surface area contributed by atoms with Crippen LogP contribution in [0.1, 0.15) is 207 Å². The van der Waals surface area contributed by atoms with E-state index in [0.717, 1.165) is 12.8 Å². The van der Waals surface area contributed by atoms with Gasteiger partial charge in [-0.1, -0.05) is 168 Å². The molecule has 0 aromatic heterocycles. The summed E-state index contributed by atoms with van der Waals surface area (Å²) >= 11 is 0. The molecule has 0 radical (unpaired) electrons. The molecule has 0 aliphatic heterocycles. The lowest BCUT2D eigenvalue weighted by molar-refractivity contribution is -0.144. The number of esters is 2. The average molecular weight is 569 g/mol. The van der Waals surface area contributed by atoms with Gasteiger partial charge in [0.05, 0.1) is 13.2 Å². The van der Waals surface area contributed by atoms with Crippen LogP contribution in [0.25, 0.3) is 0 Å². The van der Waals surface area contributed by atoms with Gasteiger partial charge in [0.2, 0.25) is 0 Å². The third-order valence-electron chi connectivity index (χ3n) is 7.58. The molecule has 0 aliphatic rings. The largest absolute Gasteiger partial charge is 0.466 e. The summed E-state index contributed by atoms with van der Waals surface area (Å²) in [6.45, 7) is 9.29. The van der Waals surface area contributed by atoms with Crippen molar-refractivity contribution >= 4 is 11.9 Å². The summed E-state index contributed by atoms with van der Waals surface area (Å²) in [7, 11) is 0. The number of carbonyl (C=O) groups is 2. The molecule has 0 saturated heterocycles. The molecule has 0 bridgehead atoms. The van der Waals surface area contributed by atoms with E-state index < -0.39 is 0 Å². The Labute approximate surface area is 251 Å². The van der Waals surface area contributed by atoms with Crippen LogP contribution in [0, 0.1) is 0 Å². The highest BCUT2D eigenvalue weighted by Crippen LogP contribution is 2.14. The molecule has 0 amide bonds. The molecule has 0 spiro atoms. The molecule has 0 aromatic carbocycles. The lowest BCUT2D eigenvalue weighted by Gasteiger charge is -2.03. The maximum absolute atomic E-state index is 11.1. The lowest BCUT2D eigenvalue weighted by atomic mass is 10.0. The highest BCUT2D eigenvalue weighted by atomic mass is 16.5. The van der Waals surface area contributed by atoms with Crippen LogP contribution in [0.3, 0.4) is 0 Å². The predicted octanol–water partition coefficient (Wildman–Crippen LogP) is 12.1. The minimum atomic E-state index is -0.0319. The maximum atomic E-state index is 11.1. The monoisotopic (exact) mass is 569 g/mol. The van der Waals surface area contributed by atoms with E-state index in [1.165, 1.54) is 154 Å². The summed E-state index contributed by atoms with van der Waals surface area (Å²) < 4.78 is 9.82. The summed E-state index contributed by atoms with van der Waals surface area (Å²) in [4.78, 5) is 22.2. The Hall–Kier alpha value is -1.06. The zero-order chi connectivity index (χ0) is 29.8. The molecule has 0 atom stereocenters. The van der Waals surface area contributed by atoms with Crippen molar-refractivity contribution in [1.82, 2.24) is 0 Å². The fourth-order valence-electron chi connectivity index (χ4n) is 5.04. The summed E-state index contributed by atoms with van der Waals surface area (Å²) in [6, 6.07) is 0. The summed E-state index contributed by atoms with van der Waals surface area (Å²) in [5.74, 6) is -0.0638. The minimum absolute atomic E-state index is 0.0319. The standard InChI is InChI=1S/2C18H36O2/c2*1-3-5-6-7-8-9-10-11-12-13-14-15-16-17-18(19)20-4-2/h2*3-17H2,1-2H3. The molecule has 40 heavy (non-hydrogen) atoms. The van der Waals surface area contributed by atoms with Crippen LogP contribution in [0.15, 0.2) is 0 Å². The van der Waals surface area contributed by atoms with E-state index in [2.05, 4.69) is 13.8 Å². The fraction of sp³-hybridized carbons (Fsp3) is 0.944. The zero-order valence-corrected chi connectivity index (χ0v) is 27.8. The van der Waals surface area contributed by atoms with Crippen LogP contribution in [0.4, 0.5) is 0 Å². The van der Waals surface area contributed by atoms with Crippen molar-refractivity contribution in [3.05, 3.63) is 0 Å². The topological polar surface area (TPSA) is 52.6 Å². The van der Waals surface area contributed by atoms with Crippen molar-refractivity contribution < 1.29 is 19.1 Å². The number of rotatable bonds is 30. The first-order valence-corrected chi connectivity index (χ1v) is 17.9. The van der Waals surface area contributed by atoms with Gasteiger partial charge in [-0.3, -0.25) is 9.59 Å². The van der Waals surface area contributed by atoms with Gasteiger partial charge in [-0.25, -0.2) is 0 Å². The second kappa shape index (κ2) is 37.9. The zero-order valence-electron chi connectivity index (χ0n) is 27.8. The third-order valence-corrected chi connectivity index (χ3v) is 7.58. The molecule has 4 heteroatoms. The van der Waals surface area contributed by atoms with Gasteiger partial charge in [0.1, 0.15) is 0 Å². The minimum Gasteiger partial charge on any atom is -0.466 e. The van der Waals surface area contributed by atoms with E-state index in [-0.39, 0.29) is 11.9 Å². The predicted molar refractivity (Wildman–Crippen MR) is 174 cm³/mol. The number of hydrogen-bond donors (Lipinski definition) is 0. The highest BCUT2D eigenvalue weighted by molar-refractivity contribution is 5.69. The maximum Gasteiger partial charge on any atom is 0.305 e. The fourth-order valence-corrected chi connectivity index (χ4v) is 5.04. The van der Waals surface area contributed by atoms with Crippen molar-refractivity contribution in [2.75, 3.05) is 13.2 Å². The van der Waals surface area contributed by atoms with Gasteiger partial charge in [0.15, 0.2) is 0 Å². The average Bonchev–Trinajstić information content (AvgIpc) is 2.94. The molecule has 0 N–H and O–H groups in total. The van der Waals surface area contributed by atoms with Crippen LogP contribution >= 0.6 is 0 Å². The van der Waals surface area contributed by atoms with Crippen LogP contribution in [-0.2, 0) is 19.1 Å². The van der Waals surface area contributed by atoms with Crippen LogP contribution < -0.4 is 0 Å². The van der Waals surface area contributed by atoms with Crippen molar-refractivity contribution in [1.29, 1.82) is 0 Å². The first-order chi connectivity index (χ1) is 19.6. The number of ether oxygens (including phenoxy) is 2. The third kappa shape index (κ3) is 39.1. The van der Waals surface area contributed by atoms with E-state index >= 15 is 0 Å². The lowest BCUT2D eigenvalue weighted by Crippen LogP contribution is -2.03. The van der Waals surface area contributed by atoms with E-state index in [1.54, 1.807) is 0 Å². The van der Waals surface area contributed by atoms with E-state index in [0.29, 0.717) is 26.1 Å². The Kier molecular flexibility index (Phi) is 39.0. The molecule has 0 unspecified atom stereocenters. The van der Waals surface area contributed by atoms with Crippen LogP contribution in [0.5, 0.6) is 0 Å². The Morgan fingerprint density at radius 2 is 0.525 bits per heavy atom. The molecule has 0 aliphatic carbocycles. The molecule has 0 aromatic rings. The van der Waals surface area contributed by atoms with Gasteiger partial charge in [-0.05, 0) is 26.7 Å². The first kappa shape index (κ1) is 41.1. The summed E-state index contributed by atoms with van der Waals surface area (Å²) in [5, 5.41) is 0. The quantitative estimate of drug-likeness (QED) is 0.0638. The summed E-state index contributed by atoms with van der Waals surface area (Å²) in [6.07, 6.45) is 36.0. The number of unbranched alkanes of at least 4 members (excludes halogenated alkanes) is 24. The van der Waals surface area contributed by atoms with E-state index in [1.807, 2.05) is 13.8 Å². The van der Waals surface area contributed by atoms with E-state index in [4.69, 9.17) is 9.47 Å². The Balaban J connectivity index is 0. The molecule has 0 fully saturated rings. The number of hydrogen-bond acceptors (Lipinski definition) is 4. The van der Waals surface area contributed by atoms with Crippen molar-refractivity contribution in [2.24, 2.45) is 0 Å².